The highest BCUT2D eigenvalue weighted by atomic mass is 35.5. The van der Waals surface area contributed by atoms with E-state index in [0.29, 0.717) is 29.7 Å². The van der Waals surface area contributed by atoms with Gasteiger partial charge in [0.05, 0.1) is 11.5 Å². The van der Waals surface area contributed by atoms with Gasteiger partial charge in [-0.3, -0.25) is 10.1 Å². The van der Waals surface area contributed by atoms with Gasteiger partial charge in [0.15, 0.2) is 0 Å². The van der Waals surface area contributed by atoms with Crippen LogP contribution < -0.4 is 9.64 Å². The van der Waals surface area contributed by atoms with Crippen molar-refractivity contribution < 1.29 is 9.66 Å². The number of hydrogen-bond acceptors (Lipinski definition) is 6. The SMILES string of the molecule is CCCOc1cc(C)c([N+](=O)[O-])c(N(C)Cc2ccc(Cl)nc2)n1. The Hall–Kier alpha value is -2.41. The number of aromatic nitrogens is 2. The quantitative estimate of drug-likeness (QED) is 0.429. The van der Waals surface area contributed by atoms with Gasteiger partial charge in [0, 0.05) is 31.4 Å². The first-order valence-corrected chi connectivity index (χ1v) is 7.90. The lowest BCUT2D eigenvalue weighted by Crippen LogP contribution is -2.20. The van der Waals surface area contributed by atoms with Gasteiger partial charge < -0.3 is 9.64 Å². The van der Waals surface area contributed by atoms with E-state index in [1.54, 1.807) is 37.2 Å². The van der Waals surface area contributed by atoms with Gasteiger partial charge in [0.1, 0.15) is 5.15 Å². The van der Waals surface area contributed by atoms with Crippen LogP contribution in [0.1, 0.15) is 24.5 Å². The van der Waals surface area contributed by atoms with Crippen LogP contribution in [0.15, 0.2) is 24.4 Å². The Morgan fingerprint density at radius 1 is 1.42 bits per heavy atom. The molecule has 2 aromatic rings. The van der Waals surface area contributed by atoms with Gasteiger partial charge in [-0.2, -0.15) is 4.98 Å². The fourth-order valence-corrected chi connectivity index (χ4v) is 2.35. The van der Waals surface area contributed by atoms with E-state index >= 15 is 0 Å². The summed E-state index contributed by atoms with van der Waals surface area (Å²) in [5.41, 5.74) is 1.36. The molecule has 0 spiro atoms. The van der Waals surface area contributed by atoms with E-state index in [0.717, 1.165) is 12.0 Å². The highest BCUT2D eigenvalue weighted by Gasteiger charge is 2.24. The molecule has 0 aromatic carbocycles. The number of aryl methyl sites for hydroxylation is 1. The third-order valence-electron chi connectivity index (χ3n) is 3.35. The van der Waals surface area contributed by atoms with Gasteiger partial charge >= 0.3 is 5.69 Å². The molecule has 2 heterocycles. The first-order valence-electron chi connectivity index (χ1n) is 7.52. The maximum Gasteiger partial charge on any atom is 0.314 e. The van der Waals surface area contributed by atoms with E-state index in [1.165, 1.54) is 0 Å². The molecule has 0 N–H and O–H groups in total. The predicted octanol–water partition coefficient (Wildman–Crippen LogP) is 3.77. The molecular formula is C16H19ClN4O3. The summed E-state index contributed by atoms with van der Waals surface area (Å²) in [4.78, 5) is 21.1. The molecule has 2 rings (SSSR count). The van der Waals surface area contributed by atoms with Gasteiger partial charge in [-0.05, 0) is 25.0 Å². The largest absolute Gasteiger partial charge is 0.478 e. The lowest BCUT2D eigenvalue weighted by atomic mass is 10.2. The Morgan fingerprint density at radius 3 is 2.75 bits per heavy atom. The second kappa shape index (κ2) is 7.92. The van der Waals surface area contributed by atoms with Gasteiger partial charge in [0.2, 0.25) is 11.7 Å². The highest BCUT2D eigenvalue weighted by molar-refractivity contribution is 6.29. The molecule has 7 nitrogen and oxygen atoms in total. The first-order chi connectivity index (χ1) is 11.4. The van der Waals surface area contributed by atoms with Crippen molar-refractivity contribution in [3.63, 3.8) is 0 Å². The van der Waals surface area contributed by atoms with Crippen LogP contribution in [0.3, 0.4) is 0 Å². The highest BCUT2D eigenvalue weighted by Crippen LogP contribution is 2.32. The number of nitrogens with zero attached hydrogens (tertiary/aromatic N) is 4. The van der Waals surface area contributed by atoms with Crippen LogP contribution in [0.5, 0.6) is 5.88 Å². The van der Waals surface area contributed by atoms with Crippen LogP contribution in [0.2, 0.25) is 5.15 Å². The molecule has 0 saturated heterocycles. The number of anilines is 1. The van der Waals surface area contributed by atoms with E-state index in [1.807, 2.05) is 13.0 Å². The van der Waals surface area contributed by atoms with Crippen LogP contribution in [0, 0.1) is 17.0 Å². The minimum atomic E-state index is -0.419. The Kier molecular flexibility index (Phi) is 5.92. The summed E-state index contributed by atoms with van der Waals surface area (Å²) in [6, 6.07) is 5.09. The zero-order chi connectivity index (χ0) is 17.7. The molecule has 0 bridgehead atoms. The van der Waals surface area contributed by atoms with Crippen molar-refractivity contribution in [2.45, 2.75) is 26.8 Å². The lowest BCUT2D eigenvalue weighted by Gasteiger charge is -2.19. The zero-order valence-corrected chi connectivity index (χ0v) is 14.6. The number of hydrogen-bond donors (Lipinski definition) is 0. The summed E-state index contributed by atoms with van der Waals surface area (Å²) in [7, 11) is 1.74. The number of ether oxygens (including phenoxy) is 1. The molecule has 0 aliphatic heterocycles. The molecule has 0 unspecified atom stereocenters. The van der Waals surface area contributed by atoms with Crippen LogP contribution in [0.25, 0.3) is 0 Å². The Morgan fingerprint density at radius 2 is 2.17 bits per heavy atom. The van der Waals surface area contributed by atoms with Crippen molar-refractivity contribution in [1.29, 1.82) is 0 Å². The number of rotatable bonds is 7. The summed E-state index contributed by atoms with van der Waals surface area (Å²) in [6.07, 6.45) is 2.47. The molecule has 0 aliphatic rings. The molecule has 8 heteroatoms. The second-order valence-electron chi connectivity index (χ2n) is 5.40. The first kappa shape index (κ1) is 17.9. The third-order valence-corrected chi connectivity index (χ3v) is 3.57. The third kappa shape index (κ3) is 4.32. The second-order valence-corrected chi connectivity index (χ2v) is 5.79. The minimum absolute atomic E-state index is 0.0247. The molecule has 2 aromatic heterocycles. The van der Waals surface area contributed by atoms with Crippen molar-refractivity contribution in [3.05, 3.63) is 50.8 Å². The molecule has 0 amide bonds. The van der Waals surface area contributed by atoms with Crippen molar-refractivity contribution in [2.24, 2.45) is 0 Å². The van der Waals surface area contributed by atoms with E-state index in [4.69, 9.17) is 16.3 Å². The summed E-state index contributed by atoms with van der Waals surface area (Å²) in [5.74, 6) is 0.650. The van der Waals surface area contributed by atoms with Crippen LogP contribution >= 0.6 is 11.6 Å². The van der Waals surface area contributed by atoms with Crippen molar-refractivity contribution in [2.75, 3.05) is 18.6 Å². The normalized spacial score (nSPS) is 10.5. The maximum absolute atomic E-state index is 11.4. The molecule has 0 saturated carbocycles. The molecule has 0 aliphatic carbocycles. The van der Waals surface area contributed by atoms with Crippen LogP contribution in [-0.4, -0.2) is 28.5 Å². The monoisotopic (exact) mass is 350 g/mol. The average molecular weight is 351 g/mol. The molecule has 24 heavy (non-hydrogen) atoms. The maximum atomic E-state index is 11.4. The summed E-state index contributed by atoms with van der Waals surface area (Å²) >= 11 is 5.78. The molecule has 0 radical (unpaired) electrons. The topological polar surface area (TPSA) is 81.4 Å². The molecule has 0 fully saturated rings. The fourth-order valence-electron chi connectivity index (χ4n) is 2.24. The molecular weight excluding hydrogens is 332 g/mol. The predicted molar refractivity (Wildman–Crippen MR) is 92.8 cm³/mol. The fraction of sp³-hybridized carbons (Fsp3) is 0.375. The molecule has 0 atom stereocenters. The van der Waals surface area contributed by atoms with Crippen molar-refractivity contribution >= 4 is 23.1 Å². The summed E-state index contributed by atoms with van der Waals surface area (Å²) < 4.78 is 5.54. The van der Waals surface area contributed by atoms with Gasteiger partial charge in [-0.15, -0.1) is 0 Å². The standard InChI is InChI=1S/C16H19ClN4O3/c1-4-7-24-14-8-11(2)15(21(22)23)16(19-14)20(3)10-12-5-6-13(17)18-9-12/h5-6,8-9H,4,7,10H2,1-3H3. The number of pyridine rings is 2. The Balaban J connectivity index is 2.35. The smallest absolute Gasteiger partial charge is 0.314 e. The van der Waals surface area contributed by atoms with Crippen LogP contribution in [0.4, 0.5) is 11.5 Å². The summed E-state index contributed by atoms with van der Waals surface area (Å²) in [6.45, 7) is 4.59. The van der Waals surface area contributed by atoms with Gasteiger partial charge in [-0.25, -0.2) is 4.98 Å². The van der Waals surface area contributed by atoms with Crippen molar-refractivity contribution in [3.8, 4) is 5.88 Å². The van der Waals surface area contributed by atoms with Gasteiger partial charge in [0.25, 0.3) is 0 Å². The number of nitro groups is 1. The minimum Gasteiger partial charge on any atom is -0.478 e. The van der Waals surface area contributed by atoms with Crippen molar-refractivity contribution in [1.82, 2.24) is 9.97 Å². The van der Waals surface area contributed by atoms with E-state index in [9.17, 15) is 10.1 Å². The summed E-state index contributed by atoms with van der Waals surface area (Å²) in [5, 5.41) is 11.8. The Bertz CT molecular complexity index is 722. The van der Waals surface area contributed by atoms with E-state index in [-0.39, 0.29) is 11.5 Å². The Labute approximate surface area is 145 Å². The van der Waals surface area contributed by atoms with Crippen LogP contribution in [-0.2, 0) is 6.54 Å². The van der Waals surface area contributed by atoms with E-state index < -0.39 is 4.92 Å². The van der Waals surface area contributed by atoms with Gasteiger partial charge in [-0.1, -0.05) is 24.6 Å². The van der Waals surface area contributed by atoms with E-state index in [2.05, 4.69) is 9.97 Å². The molecule has 128 valence electrons. The zero-order valence-electron chi connectivity index (χ0n) is 13.8. The number of halogens is 1. The lowest BCUT2D eigenvalue weighted by molar-refractivity contribution is -0.384. The average Bonchev–Trinajstić information content (AvgIpc) is 2.54.